The Morgan fingerprint density at radius 1 is 0.433 bits per heavy atom. The first-order valence-corrected chi connectivity index (χ1v) is 29.3. The third-order valence-corrected chi connectivity index (χ3v) is 15.6. The van der Waals surface area contributed by atoms with Gasteiger partial charge in [-0.1, -0.05) is 72.8 Å². The van der Waals surface area contributed by atoms with Crippen molar-refractivity contribution in [1.82, 2.24) is 45.3 Å². The topological polar surface area (TPSA) is 323 Å². The number of carbonyl (C=O) groups is 8. The van der Waals surface area contributed by atoms with E-state index in [1.165, 1.54) is 44.8 Å². The Labute approximate surface area is 516 Å². The summed E-state index contributed by atoms with van der Waals surface area (Å²) >= 11 is 0. The van der Waals surface area contributed by atoms with Gasteiger partial charge in [0.1, 0.15) is 30.0 Å². The number of aryl methyl sites for hydroxylation is 3. The first-order valence-electron chi connectivity index (χ1n) is 29.3. The van der Waals surface area contributed by atoms with Gasteiger partial charge in [0.2, 0.25) is 0 Å². The predicted molar refractivity (Wildman–Crippen MR) is 335 cm³/mol. The van der Waals surface area contributed by atoms with Gasteiger partial charge in [-0.3, -0.25) is 38.4 Å². The number of aromatic nitrogens is 6. The Balaban J connectivity index is 0.000000139. The highest BCUT2D eigenvalue weighted by molar-refractivity contribution is 6.14. The van der Waals surface area contributed by atoms with Crippen LogP contribution >= 0.6 is 0 Å². The molecule has 0 bridgehead atoms. The van der Waals surface area contributed by atoms with Crippen LogP contribution in [-0.2, 0) is 9.47 Å². The number of nitrogens with zero attached hydrogens (tertiary/aromatic N) is 6. The van der Waals surface area contributed by atoms with Gasteiger partial charge in [0.15, 0.2) is 23.6 Å². The van der Waals surface area contributed by atoms with Gasteiger partial charge in [0.25, 0.3) is 17.7 Å². The quantitative estimate of drug-likeness (QED) is 0.0347. The van der Waals surface area contributed by atoms with Gasteiger partial charge >= 0.3 is 0 Å². The maximum Gasteiger partial charge on any atom is 0.251 e. The molecule has 3 aliphatic carbocycles. The van der Waals surface area contributed by atoms with Gasteiger partial charge < -0.3 is 42.6 Å². The summed E-state index contributed by atoms with van der Waals surface area (Å²) in [5.41, 5.74) is 28.5. The maximum absolute atomic E-state index is 13.2. The molecular weight excluding hydrogens is 1140 g/mol. The SMILES string of the molecule is Cc1ccc(C(=O)NC2CC2)cc1-n1ncc(C(=O)c2cccc(C3OCCO3)c2)c1N.Cc1ccc(C(=O)NC2CC2)cc1-n1ncc(C(=O)c2cccc(C=O)c2)c1N.Cc1ccc(C(=O)NC2CC2)cc1-n1ncc(C(=O)c2cccc(C=O)c2)c1N. The molecule has 4 aliphatic rings. The normalized spacial score (nSPS) is 14.3. The van der Waals surface area contributed by atoms with Crippen molar-refractivity contribution in [2.24, 2.45) is 0 Å². The number of anilines is 3. The molecular formula is C68H64N12O10. The largest absolute Gasteiger partial charge is 0.383 e. The van der Waals surface area contributed by atoms with Gasteiger partial charge in [-0.2, -0.15) is 15.3 Å². The molecule has 6 aromatic carbocycles. The number of benzene rings is 6. The van der Waals surface area contributed by atoms with Crippen LogP contribution in [0.1, 0.15) is 167 Å². The van der Waals surface area contributed by atoms with Crippen LogP contribution in [0.3, 0.4) is 0 Å². The average Bonchev–Trinajstić information content (AvgIpc) is 1.76. The molecule has 4 fully saturated rings. The van der Waals surface area contributed by atoms with Crippen molar-refractivity contribution >= 4 is 65.1 Å². The molecule has 3 saturated carbocycles. The van der Waals surface area contributed by atoms with E-state index in [9.17, 15) is 38.4 Å². The molecule has 4 heterocycles. The number of nitrogens with two attached hydrogens (primary N) is 3. The minimum Gasteiger partial charge on any atom is -0.383 e. The van der Waals surface area contributed by atoms with Crippen molar-refractivity contribution in [3.63, 3.8) is 0 Å². The molecule has 0 unspecified atom stereocenters. The van der Waals surface area contributed by atoms with E-state index in [-0.39, 0.29) is 81.8 Å². The van der Waals surface area contributed by atoms with Crippen LogP contribution in [0.5, 0.6) is 0 Å². The van der Waals surface area contributed by atoms with E-state index in [4.69, 9.17) is 26.7 Å². The molecule has 1 aliphatic heterocycles. The van der Waals surface area contributed by atoms with Crippen molar-refractivity contribution < 1.29 is 47.8 Å². The molecule has 3 amide bonds. The number of hydrogen-bond acceptors (Lipinski definition) is 16. The second kappa shape index (κ2) is 26.2. The zero-order valence-electron chi connectivity index (χ0n) is 49.5. The number of hydrogen-bond donors (Lipinski definition) is 6. The zero-order chi connectivity index (χ0) is 63.3. The summed E-state index contributed by atoms with van der Waals surface area (Å²) in [6.45, 7) is 6.73. The minimum absolute atomic E-state index is 0.121. The Morgan fingerprint density at radius 2 is 0.756 bits per heavy atom. The van der Waals surface area contributed by atoms with E-state index < -0.39 is 6.29 Å². The molecule has 9 aromatic rings. The van der Waals surface area contributed by atoms with E-state index in [0.717, 1.165) is 60.8 Å². The predicted octanol–water partition coefficient (Wildman–Crippen LogP) is 8.33. The number of nitrogen functional groups attached to an aromatic ring is 3. The zero-order valence-corrected chi connectivity index (χ0v) is 49.5. The number of aldehydes is 2. The minimum atomic E-state index is -0.463. The fourth-order valence-corrected chi connectivity index (χ4v) is 9.95. The Kier molecular flexibility index (Phi) is 17.6. The second-order valence-corrected chi connectivity index (χ2v) is 22.5. The number of carbonyl (C=O) groups excluding carboxylic acids is 8. The summed E-state index contributed by atoms with van der Waals surface area (Å²) in [6.07, 6.45) is 11.2. The van der Waals surface area contributed by atoms with Crippen LogP contribution in [0, 0.1) is 20.8 Å². The fraction of sp³-hybridized carbons (Fsp3) is 0.221. The number of ether oxygens (including phenoxy) is 2. The highest BCUT2D eigenvalue weighted by Gasteiger charge is 2.29. The third-order valence-electron chi connectivity index (χ3n) is 15.6. The van der Waals surface area contributed by atoms with E-state index >= 15 is 0 Å². The summed E-state index contributed by atoms with van der Waals surface area (Å²) in [6, 6.07) is 36.7. The van der Waals surface area contributed by atoms with Crippen LogP contribution in [0.2, 0.25) is 0 Å². The standard InChI is InChI=1S/C24H24N4O4.2C22H20N4O3/c1-14-5-6-16(23(30)27-18-7-8-18)12-20(14)28-22(25)19(13-26-28)21(29)15-3-2-4-17(11-15)24-31-9-10-32-24;2*1-13-5-6-16(22(29)25-17-7-8-17)10-19(13)26-21(23)18(11-24-26)20(28)15-4-2-3-14(9-15)12-27/h2-6,11-13,18,24H,7-10,25H2,1H3,(H,27,30);2*2-6,9-12,17H,7-8,23H2,1H3,(H,25,29). The lowest BCUT2D eigenvalue weighted by Crippen LogP contribution is -2.25. The number of amides is 3. The molecule has 9 N–H and O–H groups in total. The van der Waals surface area contributed by atoms with Crippen LogP contribution in [0.25, 0.3) is 17.1 Å². The third kappa shape index (κ3) is 13.6. The van der Waals surface area contributed by atoms with Gasteiger partial charge in [-0.05, 0) is 131 Å². The molecule has 1 saturated heterocycles. The van der Waals surface area contributed by atoms with Gasteiger partial charge in [0.05, 0.1) is 65.6 Å². The van der Waals surface area contributed by atoms with Crippen LogP contribution in [0.15, 0.2) is 146 Å². The highest BCUT2D eigenvalue weighted by atomic mass is 16.7. The van der Waals surface area contributed by atoms with Crippen LogP contribution in [-0.4, -0.2) is 108 Å². The molecule has 3 aromatic heterocycles. The Hall–Kier alpha value is -11.0. The summed E-state index contributed by atoms with van der Waals surface area (Å²) in [7, 11) is 0. The summed E-state index contributed by atoms with van der Waals surface area (Å²) in [4.78, 5) is 98.1. The molecule has 0 radical (unpaired) electrons. The van der Waals surface area contributed by atoms with Gasteiger partial charge in [0, 0.05) is 68.2 Å². The molecule has 0 spiro atoms. The summed E-state index contributed by atoms with van der Waals surface area (Å²) < 4.78 is 15.5. The van der Waals surface area contributed by atoms with Crippen molar-refractivity contribution in [3.05, 3.63) is 229 Å². The first kappa shape index (κ1) is 60.7. The Morgan fingerprint density at radius 3 is 1.08 bits per heavy atom. The van der Waals surface area contributed by atoms with Crippen LogP contribution < -0.4 is 33.2 Å². The monoisotopic (exact) mass is 1210 g/mol. The van der Waals surface area contributed by atoms with Crippen molar-refractivity contribution in [1.29, 1.82) is 0 Å². The summed E-state index contributed by atoms with van der Waals surface area (Å²) in [5.74, 6) is -0.712. The number of rotatable bonds is 18. The molecule has 456 valence electrons. The van der Waals surface area contributed by atoms with Gasteiger partial charge in [-0.25, -0.2) is 14.0 Å². The number of nitrogens with one attached hydrogen (secondary N) is 3. The highest BCUT2D eigenvalue weighted by Crippen LogP contribution is 2.31. The second-order valence-electron chi connectivity index (χ2n) is 22.5. The average molecular weight is 1210 g/mol. The summed E-state index contributed by atoms with van der Waals surface area (Å²) in [5, 5.41) is 21.8. The van der Waals surface area contributed by atoms with E-state index in [2.05, 4.69) is 31.2 Å². The smallest absolute Gasteiger partial charge is 0.251 e. The molecule has 90 heavy (non-hydrogen) atoms. The van der Waals surface area contributed by atoms with Crippen LogP contribution in [0.4, 0.5) is 17.5 Å². The lowest BCUT2D eigenvalue weighted by molar-refractivity contribution is -0.0441. The fourth-order valence-electron chi connectivity index (χ4n) is 9.95. The Bertz CT molecular complexity index is 4140. The maximum atomic E-state index is 13.2. The molecule has 22 nitrogen and oxygen atoms in total. The van der Waals surface area contributed by atoms with Crippen molar-refractivity contribution in [2.75, 3.05) is 30.4 Å². The van der Waals surface area contributed by atoms with Gasteiger partial charge in [-0.15, -0.1) is 0 Å². The van der Waals surface area contributed by atoms with E-state index in [1.54, 1.807) is 91.0 Å². The molecule has 0 atom stereocenters. The van der Waals surface area contributed by atoms with Crippen molar-refractivity contribution in [2.45, 2.75) is 83.7 Å². The lowest BCUT2D eigenvalue weighted by atomic mass is 10.0. The lowest BCUT2D eigenvalue weighted by Gasteiger charge is -2.12. The van der Waals surface area contributed by atoms with E-state index in [1.807, 2.05) is 45.0 Å². The van der Waals surface area contributed by atoms with E-state index in [0.29, 0.717) is 92.9 Å². The van der Waals surface area contributed by atoms with Crippen molar-refractivity contribution in [3.8, 4) is 17.1 Å². The molecule has 22 heteroatoms. The molecule has 13 rings (SSSR count). The number of ketones is 3. The first-order chi connectivity index (χ1) is 43.5.